The highest BCUT2D eigenvalue weighted by atomic mass is 127. The van der Waals surface area contributed by atoms with Crippen molar-refractivity contribution in [3.8, 4) is 0 Å². The quantitative estimate of drug-likeness (QED) is 0.453. The Labute approximate surface area is 124 Å². The van der Waals surface area contributed by atoms with Crippen LogP contribution >= 0.6 is 24.0 Å². The Morgan fingerprint density at radius 1 is 1.11 bits per heavy atom. The van der Waals surface area contributed by atoms with Gasteiger partial charge in [0, 0.05) is 33.8 Å². The first kappa shape index (κ1) is 17.1. The van der Waals surface area contributed by atoms with E-state index in [2.05, 4.69) is 4.99 Å². The maximum atomic E-state index is 13.4. The molecule has 0 aliphatic heterocycles. The first-order valence-corrected chi connectivity index (χ1v) is 5.25. The summed E-state index contributed by atoms with van der Waals surface area (Å²) in [5, 5.41) is 0. The molecule has 0 radical (unpaired) electrons. The fourth-order valence-electron chi connectivity index (χ4n) is 1.50. The first-order chi connectivity index (χ1) is 7.91. The Kier molecular flexibility index (Phi) is 7.12. The summed E-state index contributed by atoms with van der Waals surface area (Å²) in [6.45, 7) is 0.120. The van der Waals surface area contributed by atoms with E-state index in [1.807, 2.05) is 38.0 Å². The van der Waals surface area contributed by atoms with Crippen LogP contribution in [0.1, 0.15) is 5.56 Å². The molecule has 0 bridgehead atoms. The molecular formula is C12H18F2IN3. The van der Waals surface area contributed by atoms with Crippen molar-refractivity contribution in [2.24, 2.45) is 4.99 Å². The number of benzene rings is 1. The van der Waals surface area contributed by atoms with E-state index >= 15 is 0 Å². The minimum absolute atomic E-state index is 0. The van der Waals surface area contributed by atoms with E-state index in [0.717, 1.165) is 12.1 Å². The van der Waals surface area contributed by atoms with Crippen LogP contribution in [0, 0.1) is 11.6 Å². The van der Waals surface area contributed by atoms with E-state index in [0.29, 0.717) is 5.96 Å². The predicted molar refractivity (Wildman–Crippen MR) is 80.3 cm³/mol. The van der Waals surface area contributed by atoms with Crippen LogP contribution in [0.3, 0.4) is 0 Å². The molecule has 0 saturated carbocycles. The predicted octanol–water partition coefficient (Wildman–Crippen LogP) is 2.56. The zero-order valence-corrected chi connectivity index (χ0v) is 13.3. The topological polar surface area (TPSA) is 18.8 Å². The Balaban J connectivity index is 0.00000289. The summed E-state index contributed by atoms with van der Waals surface area (Å²) in [6.07, 6.45) is 0. The highest BCUT2D eigenvalue weighted by Gasteiger charge is 2.06. The van der Waals surface area contributed by atoms with Gasteiger partial charge in [-0.2, -0.15) is 0 Å². The fraction of sp³-hybridized carbons (Fsp3) is 0.417. The van der Waals surface area contributed by atoms with Gasteiger partial charge in [-0.25, -0.2) is 13.8 Å². The number of rotatable bonds is 2. The Morgan fingerprint density at radius 2 is 1.67 bits per heavy atom. The van der Waals surface area contributed by atoms with Crippen LogP contribution in [0.4, 0.5) is 8.78 Å². The van der Waals surface area contributed by atoms with E-state index in [9.17, 15) is 8.78 Å². The molecule has 1 aromatic carbocycles. The minimum Gasteiger partial charge on any atom is -0.349 e. The molecule has 102 valence electrons. The third kappa shape index (κ3) is 4.75. The fourth-order valence-corrected chi connectivity index (χ4v) is 1.50. The normalized spacial score (nSPS) is 9.44. The van der Waals surface area contributed by atoms with Crippen LogP contribution in [0.2, 0.25) is 0 Å². The second-order valence-electron chi connectivity index (χ2n) is 4.14. The van der Waals surface area contributed by atoms with E-state index < -0.39 is 11.6 Å². The van der Waals surface area contributed by atoms with Gasteiger partial charge >= 0.3 is 0 Å². The lowest BCUT2D eigenvalue weighted by molar-refractivity contribution is 0.478. The van der Waals surface area contributed by atoms with Gasteiger partial charge in [0.25, 0.3) is 0 Å². The molecule has 0 aliphatic rings. The summed E-state index contributed by atoms with van der Waals surface area (Å²) in [7, 11) is 7.39. The third-order valence-electron chi connectivity index (χ3n) is 2.20. The molecule has 0 spiro atoms. The minimum atomic E-state index is -0.451. The second kappa shape index (κ2) is 7.50. The average Bonchev–Trinajstić information content (AvgIpc) is 2.22. The molecule has 0 aliphatic carbocycles. The van der Waals surface area contributed by atoms with Gasteiger partial charge in [0.1, 0.15) is 11.6 Å². The number of hydrogen-bond donors (Lipinski definition) is 0. The van der Waals surface area contributed by atoms with E-state index in [4.69, 9.17) is 0 Å². The van der Waals surface area contributed by atoms with Gasteiger partial charge in [0.15, 0.2) is 5.96 Å². The average molecular weight is 369 g/mol. The zero-order chi connectivity index (χ0) is 13.0. The number of hydrogen-bond acceptors (Lipinski definition) is 1. The first-order valence-electron chi connectivity index (χ1n) is 5.25. The van der Waals surface area contributed by atoms with Crippen molar-refractivity contribution in [2.45, 2.75) is 6.54 Å². The SMILES string of the molecule is CN(C)C(=NCc1cc(F)ccc1F)N(C)C.I. The highest BCUT2D eigenvalue weighted by molar-refractivity contribution is 14.0. The Morgan fingerprint density at radius 3 is 2.17 bits per heavy atom. The largest absolute Gasteiger partial charge is 0.349 e. The second-order valence-corrected chi connectivity index (χ2v) is 4.14. The number of nitrogens with zero attached hydrogens (tertiary/aromatic N) is 3. The molecule has 0 saturated heterocycles. The molecule has 1 aromatic rings. The Hall–Kier alpha value is -0.920. The molecule has 0 amide bonds. The molecular weight excluding hydrogens is 351 g/mol. The summed E-state index contributed by atoms with van der Waals surface area (Å²) in [5.74, 6) is -0.187. The van der Waals surface area contributed by atoms with Gasteiger partial charge in [0.2, 0.25) is 0 Å². The standard InChI is InChI=1S/C12H17F2N3.HI/c1-16(2)12(17(3)4)15-8-9-7-10(13)5-6-11(9)14;/h5-7H,8H2,1-4H3;1H. The van der Waals surface area contributed by atoms with Crippen molar-refractivity contribution in [2.75, 3.05) is 28.2 Å². The maximum absolute atomic E-state index is 13.4. The van der Waals surface area contributed by atoms with E-state index in [1.165, 1.54) is 6.07 Å². The third-order valence-corrected chi connectivity index (χ3v) is 2.20. The van der Waals surface area contributed by atoms with Gasteiger partial charge in [0.05, 0.1) is 6.54 Å². The summed E-state index contributed by atoms with van der Waals surface area (Å²) in [5.41, 5.74) is 0.256. The van der Waals surface area contributed by atoms with Gasteiger partial charge in [-0.3, -0.25) is 0 Å². The lowest BCUT2D eigenvalue weighted by Crippen LogP contribution is -2.35. The highest BCUT2D eigenvalue weighted by Crippen LogP contribution is 2.11. The van der Waals surface area contributed by atoms with Crippen molar-refractivity contribution >= 4 is 29.9 Å². The number of aliphatic imine (C=N–C) groups is 1. The molecule has 0 N–H and O–H groups in total. The molecule has 0 aromatic heterocycles. The summed E-state index contributed by atoms with van der Waals surface area (Å²) < 4.78 is 26.3. The molecule has 0 heterocycles. The van der Waals surface area contributed by atoms with Crippen LogP contribution in [-0.2, 0) is 6.54 Å². The molecule has 3 nitrogen and oxygen atoms in total. The van der Waals surface area contributed by atoms with Crippen LogP contribution in [0.25, 0.3) is 0 Å². The van der Waals surface area contributed by atoms with Gasteiger partial charge in [-0.15, -0.1) is 24.0 Å². The summed E-state index contributed by atoms with van der Waals surface area (Å²) in [6, 6.07) is 3.38. The Bertz CT molecular complexity index is 410. The van der Waals surface area contributed by atoms with Crippen LogP contribution in [-0.4, -0.2) is 44.0 Å². The summed E-state index contributed by atoms with van der Waals surface area (Å²) in [4.78, 5) is 7.89. The molecule has 18 heavy (non-hydrogen) atoms. The summed E-state index contributed by atoms with van der Waals surface area (Å²) >= 11 is 0. The molecule has 6 heteroatoms. The monoisotopic (exact) mass is 369 g/mol. The van der Waals surface area contributed by atoms with Gasteiger partial charge in [-0.1, -0.05) is 0 Å². The van der Waals surface area contributed by atoms with E-state index in [-0.39, 0.29) is 36.1 Å². The van der Waals surface area contributed by atoms with Gasteiger partial charge in [-0.05, 0) is 18.2 Å². The smallest absolute Gasteiger partial charge is 0.195 e. The molecule has 0 fully saturated rings. The van der Waals surface area contributed by atoms with Crippen molar-refractivity contribution in [1.82, 2.24) is 9.80 Å². The lowest BCUT2D eigenvalue weighted by Gasteiger charge is -2.22. The number of guanidine groups is 1. The molecule has 1 rings (SSSR count). The zero-order valence-electron chi connectivity index (χ0n) is 10.9. The van der Waals surface area contributed by atoms with Gasteiger partial charge < -0.3 is 9.80 Å². The van der Waals surface area contributed by atoms with Crippen LogP contribution in [0.15, 0.2) is 23.2 Å². The van der Waals surface area contributed by atoms with Crippen LogP contribution < -0.4 is 0 Å². The van der Waals surface area contributed by atoms with Crippen LogP contribution in [0.5, 0.6) is 0 Å². The van der Waals surface area contributed by atoms with Crippen molar-refractivity contribution < 1.29 is 8.78 Å². The molecule has 0 unspecified atom stereocenters. The van der Waals surface area contributed by atoms with Crippen molar-refractivity contribution in [3.05, 3.63) is 35.4 Å². The number of halogens is 3. The van der Waals surface area contributed by atoms with E-state index in [1.54, 1.807) is 0 Å². The van der Waals surface area contributed by atoms with Crippen molar-refractivity contribution in [3.63, 3.8) is 0 Å². The maximum Gasteiger partial charge on any atom is 0.195 e. The molecule has 0 atom stereocenters. The lowest BCUT2D eigenvalue weighted by atomic mass is 10.2. The van der Waals surface area contributed by atoms with Crippen molar-refractivity contribution in [1.29, 1.82) is 0 Å².